The van der Waals surface area contributed by atoms with E-state index >= 15 is 0 Å². The number of rotatable bonds is 4. The number of hydrogen-bond donors (Lipinski definition) is 1. The molecule has 0 aliphatic heterocycles. The third kappa shape index (κ3) is 3.66. The molecule has 31 heavy (non-hydrogen) atoms. The van der Waals surface area contributed by atoms with E-state index in [1.807, 2.05) is 48.7 Å². The Morgan fingerprint density at radius 1 is 0.903 bits per heavy atom. The first kappa shape index (κ1) is 19.0. The Morgan fingerprint density at radius 3 is 2.42 bits per heavy atom. The number of anilines is 1. The van der Waals surface area contributed by atoms with Gasteiger partial charge in [-0.3, -0.25) is 14.5 Å². The van der Waals surface area contributed by atoms with Crippen molar-refractivity contribution in [1.82, 2.24) is 14.8 Å². The summed E-state index contributed by atoms with van der Waals surface area (Å²) in [5.74, 6) is -0.122. The smallest absolute Gasteiger partial charge is 0.246 e. The van der Waals surface area contributed by atoms with Gasteiger partial charge in [-0.15, -0.1) is 0 Å². The molecule has 0 saturated heterocycles. The first-order valence-electron chi connectivity index (χ1n) is 10.3. The highest BCUT2D eigenvalue weighted by molar-refractivity contribution is 6.08. The molecule has 0 unspecified atom stereocenters. The van der Waals surface area contributed by atoms with Gasteiger partial charge in [-0.2, -0.15) is 5.10 Å². The molecule has 1 amide bonds. The van der Waals surface area contributed by atoms with E-state index < -0.39 is 0 Å². The topological polar surface area (TPSA) is 59.8 Å². The molecular formula is C26H22N4O. The molecular weight excluding hydrogens is 384 g/mol. The second-order valence-electron chi connectivity index (χ2n) is 7.83. The molecule has 5 nitrogen and oxygen atoms in total. The monoisotopic (exact) mass is 406 g/mol. The normalized spacial score (nSPS) is 11.2. The molecule has 0 saturated carbocycles. The van der Waals surface area contributed by atoms with Crippen LogP contribution in [0, 0.1) is 13.8 Å². The van der Waals surface area contributed by atoms with Crippen LogP contribution in [0.3, 0.4) is 0 Å². The zero-order valence-electron chi connectivity index (χ0n) is 17.5. The molecule has 2 heterocycles. The maximum absolute atomic E-state index is 12.8. The van der Waals surface area contributed by atoms with Crippen molar-refractivity contribution in [3.63, 3.8) is 0 Å². The summed E-state index contributed by atoms with van der Waals surface area (Å²) >= 11 is 0. The second-order valence-corrected chi connectivity index (χ2v) is 7.83. The average molecular weight is 406 g/mol. The molecule has 1 N–H and O–H groups in total. The van der Waals surface area contributed by atoms with Crippen molar-refractivity contribution < 1.29 is 4.79 Å². The molecule has 0 aliphatic rings. The van der Waals surface area contributed by atoms with Crippen molar-refractivity contribution in [2.45, 2.75) is 20.4 Å². The summed E-state index contributed by atoms with van der Waals surface area (Å²) in [5, 5.41) is 9.76. The molecule has 0 bridgehead atoms. The number of benzene rings is 3. The van der Waals surface area contributed by atoms with E-state index in [4.69, 9.17) is 5.10 Å². The minimum atomic E-state index is -0.122. The second kappa shape index (κ2) is 7.69. The highest BCUT2D eigenvalue weighted by Crippen LogP contribution is 2.32. The molecule has 0 atom stereocenters. The molecule has 5 rings (SSSR count). The minimum Gasteiger partial charge on any atom is -0.324 e. The standard InChI is InChI=1S/C26H22N4O/c1-17-8-11-19(12-9-17)25-22-15-27-23-13-10-18(2)14-21(23)26(22)30(29-25)16-24(31)28-20-6-4-3-5-7-20/h3-15H,16H2,1-2H3,(H,28,31). The fourth-order valence-electron chi connectivity index (χ4n) is 3.87. The van der Waals surface area contributed by atoms with Gasteiger partial charge in [0.1, 0.15) is 12.2 Å². The fraction of sp³-hybridized carbons (Fsp3) is 0.115. The number of nitrogens with one attached hydrogen (secondary N) is 1. The summed E-state index contributed by atoms with van der Waals surface area (Å²) in [7, 11) is 0. The van der Waals surface area contributed by atoms with E-state index in [1.54, 1.807) is 4.68 Å². The largest absolute Gasteiger partial charge is 0.324 e. The lowest BCUT2D eigenvalue weighted by molar-refractivity contribution is -0.116. The van der Waals surface area contributed by atoms with Gasteiger partial charge in [-0.25, -0.2) is 0 Å². The zero-order valence-corrected chi connectivity index (χ0v) is 17.5. The SMILES string of the molecule is Cc1ccc(-c2nn(CC(=O)Nc3ccccc3)c3c2cnc2ccc(C)cc23)cc1. The van der Waals surface area contributed by atoms with Gasteiger partial charge in [-0.05, 0) is 38.1 Å². The van der Waals surface area contributed by atoms with Gasteiger partial charge in [0.15, 0.2) is 0 Å². The predicted molar refractivity (Wildman–Crippen MR) is 125 cm³/mol. The fourth-order valence-corrected chi connectivity index (χ4v) is 3.87. The zero-order chi connectivity index (χ0) is 21.4. The molecule has 3 aromatic carbocycles. The summed E-state index contributed by atoms with van der Waals surface area (Å²) in [6.07, 6.45) is 1.86. The Balaban J connectivity index is 1.66. The average Bonchev–Trinajstić information content (AvgIpc) is 3.13. The molecule has 0 spiro atoms. The summed E-state index contributed by atoms with van der Waals surface area (Å²) in [4.78, 5) is 17.5. The Labute approximate surface area is 180 Å². The van der Waals surface area contributed by atoms with Gasteiger partial charge >= 0.3 is 0 Å². The first-order chi connectivity index (χ1) is 15.1. The van der Waals surface area contributed by atoms with Crippen molar-refractivity contribution in [1.29, 1.82) is 0 Å². The van der Waals surface area contributed by atoms with Crippen LogP contribution in [0.4, 0.5) is 5.69 Å². The summed E-state index contributed by atoms with van der Waals surface area (Å²) < 4.78 is 1.80. The van der Waals surface area contributed by atoms with Gasteiger partial charge in [0.25, 0.3) is 0 Å². The lowest BCUT2D eigenvalue weighted by Gasteiger charge is -2.08. The van der Waals surface area contributed by atoms with Crippen molar-refractivity contribution in [3.05, 3.63) is 90.1 Å². The Bertz CT molecular complexity index is 1400. The van der Waals surface area contributed by atoms with Gasteiger partial charge in [0.2, 0.25) is 5.91 Å². The Morgan fingerprint density at radius 2 is 1.65 bits per heavy atom. The maximum atomic E-state index is 12.8. The van der Waals surface area contributed by atoms with Crippen LogP contribution in [0.25, 0.3) is 33.1 Å². The van der Waals surface area contributed by atoms with Gasteiger partial charge < -0.3 is 5.32 Å². The van der Waals surface area contributed by atoms with Crippen molar-refractivity contribution in [2.75, 3.05) is 5.32 Å². The van der Waals surface area contributed by atoms with Crippen LogP contribution in [-0.4, -0.2) is 20.7 Å². The Kier molecular flexibility index (Phi) is 4.71. The molecule has 0 fully saturated rings. The lowest BCUT2D eigenvalue weighted by atomic mass is 10.0. The number of nitrogens with zero attached hydrogens (tertiary/aromatic N) is 3. The van der Waals surface area contributed by atoms with Crippen LogP contribution in [-0.2, 0) is 11.3 Å². The summed E-state index contributed by atoms with van der Waals surface area (Å²) in [5.41, 5.74) is 6.75. The molecule has 0 aliphatic carbocycles. The van der Waals surface area contributed by atoms with Crippen LogP contribution in [0.1, 0.15) is 11.1 Å². The molecule has 152 valence electrons. The molecule has 5 aromatic rings. The number of carbonyl (C=O) groups excluding carboxylic acids is 1. The van der Waals surface area contributed by atoms with Crippen molar-refractivity contribution in [2.24, 2.45) is 0 Å². The van der Waals surface area contributed by atoms with Crippen LogP contribution in [0.15, 0.2) is 79.0 Å². The Hall–Kier alpha value is -3.99. The quantitative estimate of drug-likeness (QED) is 0.428. The third-order valence-corrected chi connectivity index (χ3v) is 5.40. The summed E-state index contributed by atoms with van der Waals surface area (Å²) in [6.45, 7) is 4.23. The van der Waals surface area contributed by atoms with Gasteiger partial charge in [0, 0.05) is 28.2 Å². The van der Waals surface area contributed by atoms with E-state index in [0.29, 0.717) is 0 Å². The van der Waals surface area contributed by atoms with E-state index in [1.165, 1.54) is 5.56 Å². The van der Waals surface area contributed by atoms with Gasteiger partial charge in [0.05, 0.1) is 11.0 Å². The van der Waals surface area contributed by atoms with Gasteiger partial charge in [-0.1, -0.05) is 59.7 Å². The van der Waals surface area contributed by atoms with Crippen LogP contribution >= 0.6 is 0 Å². The number of hydrogen-bond acceptors (Lipinski definition) is 3. The van der Waals surface area contributed by atoms with E-state index in [2.05, 4.69) is 54.5 Å². The van der Waals surface area contributed by atoms with E-state index in [9.17, 15) is 4.79 Å². The highest BCUT2D eigenvalue weighted by atomic mass is 16.2. The third-order valence-electron chi connectivity index (χ3n) is 5.40. The highest BCUT2D eigenvalue weighted by Gasteiger charge is 2.18. The molecule has 5 heteroatoms. The number of aromatic nitrogens is 3. The number of amides is 1. The molecule has 2 aromatic heterocycles. The van der Waals surface area contributed by atoms with Crippen molar-refractivity contribution >= 4 is 33.4 Å². The van der Waals surface area contributed by atoms with Crippen molar-refractivity contribution in [3.8, 4) is 11.3 Å². The number of pyridine rings is 1. The maximum Gasteiger partial charge on any atom is 0.246 e. The van der Waals surface area contributed by atoms with Crippen LogP contribution < -0.4 is 5.32 Å². The van der Waals surface area contributed by atoms with Crippen LogP contribution in [0.5, 0.6) is 0 Å². The lowest BCUT2D eigenvalue weighted by Crippen LogP contribution is -2.19. The molecule has 0 radical (unpaired) electrons. The van der Waals surface area contributed by atoms with E-state index in [0.717, 1.165) is 44.3 Å². The number of carbonyl (C=O) groups is 1. The number of fused-ring (bicyclic) bond motifs is 3. The summed E-state index contributed by atoms with van der Waals surface area (Å²) in [6, 6.07) is 23.9. The van der Waals surface area contributed by atoms with Crippen LogP contribution in [0.2, 0.25) is 0 Å². The first-order valence-corrected chi connectivity index (χ1v) is 10.3. The number of para-hydroxylation sites is 1. The predicted octanol–water partition coefficient (Wildman–Crippen LogP) is 5.51. The van der Waals surface area contributed by atoms with E-state index in [-0.39, 0.29) is 12.5 Å². The number of aryl methyl sites for hydroxylation is 2. The minimum absolute atomic E-state index is 0.115.